The molecule has 3 rings (SSSR count). The van der Waals surface area contributed by atoms with Crippen LogP contribution >= 0.6 is 11.6 Å². The van der Waals surface area contributed by atoms with Crippen molar-refractivity contribution in [2.45, 2.75) is 45.7 Å². The molecule has 0 saturated carbocycles. The first-order valence-electron chi connectivity index (χ1n) is 13.0. The summed E-state index contributed by atoms with van der Waals surface area (Å²) in [5.74, 6) is -0.444. The van der Waals surface area contributed by atoms with Gasteiger partial charge in [-0.1, -0.05) is 77.8 Å². The molecule has 0 aromatic heterocycles. The van der Waals surface area contributed by atoms with E-state index in [0.29, 0.717) is 23.7 Å². The van der Waals surface area contributed by atoms with Gasteiger partial charge in [0.15, 0.2) is 0 Å². The fourth-order valence-electron chi connectivity index (χ4n) is 4.37. The lowest BCUT2D eigenvalue weighted by atomic mass is 10.0. The van der Waals surface area contributed by atoms with Crippen molar-refractivity contribution in [3.05, 3.63) is 101 Å². The van der Waals surface area contributed by atoms with Gasteiger partial charge in [0.2, 0.25) is 21.8 Å². The van der Waals surface area contributed by atoms with Gasteiger partial charge in [-0.05, 0) is 49.6 Å². The van der Waals surface area contributed by atoms with E-state index in [9.17, 15) is 18.0 Å². The minimum Gasteiger partial charge on any atom is -0.355 e. The second-order valence-corrected chi connectivity index (χ2v) is 11.9. The fourth-order valence-corrected chi connectivity index (χ4v) is 5.51. The van der Waals surface area contributed by atoms with Gasteiger partial charge in [0, 0.05) is 37.5 Å². The Labute approximate surface area is 236 Å². The van der Waals surface area contributed by atoms with E-state index in [1.165, 1.54) is 4.31 Å². The van der Waals surface area contributed by atoms with Crippen LogP contribution in [0, 0.1) is 6.92 Å². The Morgan fingerprint density at radius 2 is 1.64 bits per heavy atom. The van der Waals surface area contributed by atoms with E-state index >= 15 is 0 Å². The average molecular weight is 570 g/mol. The van der Waals surface area contributed by atoms with Crippen molar-refractivity contribution in [1.82, 2.24) is 10.2 Å². The third-order valence-electron chi connectivity index (χ3n) is 6.34. The molecule has 0 heterocycles. The molecule has 39 heavy (non-hydrogen) atoms. The summed E-state index contributed by atoms with van der Waals surface area (Å²) in [7, 11) is -3.60. The van der Waals surface area contributed by atoms with Crippen molar-refractivity contribution in [1.29, 1.82) is 0 Å². The van der Waals surface area contributed by atoms with Crippen LogP contribution in [-0.4, -0.2) is 50.5 Å². The number of hydrogen-bond donors (Lipinski definition) is 1. The molecule has 1 unspecified atom stereocenters. The van der Waals surface area contributed by atoms with Gasteiger partial charge >= 0.3 is 0 Å². The maximum Gasteiger partial charge on any atom is 0.243 e. The number of rotatable bonds is 13. The summed E-state index contributed by atoms with van der Waals surface area (Å²) >= 11 is 6.09. The van der Waals surface area contributed by atoms with Crippen molar-refractivity contribution in [3.63, 3.8) is 0 Å². The molecule has 0 fully saturated rings. The van der Waals surface area contributed by atoms with Gasteiger partial charge in [-0.3, -0.25) is 13.9 Å². The molecule has 7 nitrogen and oxygen atoms in total. The van der Waals surface area contributed by atoms with Gasteiger partial charge in [-0.15, -0.1) is 0 Å². The predicted octanol–water partition coefficient (Wildman–Crippen LogP) is 4.97. The molecule has 9 heteroatoms. The number of amides is 2. The average Bonchev–Trinajstić information content (AvgIpc) is 2.89. The first kappa shape index (κ1) is 30.2. The Kier molecular flexibility index (Phi) is 10.9. The molecule has 0 aliphatic heterocycles. The number of halogens is 1. The van der Waals surface area contributed by atoms with E-state index in [2.05, 4.69) is 5.32 Å². The Morgan fingerprint density at radius 3 is 2.26 bits per heavy atom. The molecule has 208 valence electrons. The third kappa shape index (κ3) is 9.11. The maximum absolute atomic E-state index is 13.7. The summed E-state index contributed by atoms with van der Waals surface area (Å²) in [4.78, 5) is 28.6. The van der Waals surface area contributed by atoms with Crippen LogP contribution in [-0.2, 0) is 32.6 Å². The van der Waals surface area contributed by atoms with Gasteiger partial charge in [0.1, 0.15) is 6.04 Å². The zero-order valence-electron chi connectivity index (χ0n) is 22.6. The molecular formula is C30H36ClN3O4S. The van der Waals surface area contributed by atoms with Crippen molar-refractivity contribution < 1.29 is 18.0 Å². The van der Waals surface area contributed by atoms with E-state index < -0.39 is 16.1 Å². The standard InChI is InChI=1S/C30H36ClN3O4S/c1-4-32-30(36)28(20-24-10-6-5-7-11-24)33(22-25-17-15-23(2)16-18-25)29(35)14-9-19-34(39(3,37)38)27-13-8-12-26(31)21-27/h5-8,10-13,15-18,21,28H,4,9,14,19-20,22H2,1-3H3,(H,32,36). The summed E-state index contributed by atoms with van der Waals surface area (Å²) in [6.45, 7) is 4.65. The monoisotopic (exact) mass is 569 g/mol. The van der Waals surface area contributed by atoms with Crippen molar-refractivity contribution in [3.8, 4) is 0 Å². The van der Waals surface area contributed by atoms with Crippen LogP contribution in [0.25, 0.3) is 0 Å². The molecule has 1 atom stereocenters. The highest BCUT2D eigenvalue weighted by Crippen LogP contribution is 2.23. The van der Waals surface area contributed by atoms with Crippen LogP contribution in [0.3, 0.4) is 0 Å². The maximum atomic E-state index is 13.7. The highest BCUT2D eigenvalue weighted by Gasteiger charge is 2.30. The van der Waals surface area contributed by atoms with Crippen LogP contribution in [0.1, 0.15) is 36.5 Å². The summed E-state index contributed by atoms with van der Waals surface area (Å²) in [6.07, 6.45) is 1.84. The Hall–Kier alpha value is -3.36. The minimum atomic E-state index is -3.60. The summed E-state index contributed by atoms with van der Waals surface area (Å²) in [6, 6.07) is 23.4. The number of carbonyl (C=O) groups excluding carboxylic acids is 2. The lowest BCUT2D eigenvalue weighted by molar-refractivity contribution is -0.141. The van der Waals surface area contributed by atoms with Crippen LogP contribution < -0.4 is 9.62 Å². The number of likely N-dealkylation sites (N-methyl/N-ethyl adjacent to an activating group) is 1. The van der Waals surface area contributed by atoms with E-state index in [1.54, 1.807) is 29.2 Å². The number of aryl methyl sites for hydroxylation is 1. The lowest BCUT2D eigenvalue weighted by Crippen LogP contribution is -2.50. The van der Waals surface area contributed by atoms with E-state index in [1.807, 2.05) is 68.4 Å². The number of sulfonamides is 1. The van der Waals surface area contributed by atoms with Crippen LogP contribution in [0.2, 0.25) is 5.02 Å². The third-order valence-corrected chi connectivity index (χ3v) is 7.77. The first-order chi connectivity index (χ1) is 18.6. The first-order valence-corrected chi connectivity index (χ1v) is 15.2. The number of nitrogens with zero attached hydrogens (tertiary/aromatic N) is 2. The number of carbonyl (C=O) groups is 2. The molecule has 0 aliphatic rings. The second-order valence-electron chi connectivity index (χ2n) is 9.53. The predicted molar refractivity (Wildman–Crippen MR) is 157 cm³/mol. The zero-order valence-corrected chi connectivity index (χ0v) is 24.2. The van der Waals surface area contributed by atoms with Crippen LogP contribution in [0.4, 0.5) is 5.69 Å². The largest absolute Gasteiger partial charge is 0.355 e. The van der Waals surface area contributed by atoms with Crippen LogP contribution in [0.5, 0.6) is 0 Å². The molecule has 0 aliphatic carbocycles. The Morgan fingerprint density at radius 1 is 0.949 bits per heavy atom. The number of anilines is 1. The van der Waals surface area contributed by atoms with Crippen molar-refractivity contribution in [2.75, 3.05) is 23.7 Å². The zero-order chi connectivity index (χ0) is 28.4. The smallest absolute Gasteiger partial charge is 0.243 e. The molecule has 1 N–H and O–H groups in total. The van der Waals surface area contributed by atoms with Crippen molar-refractivity contribution in [2.24, 2.45) is 0 Å². The van der Waals surface area contributed by atoms with E-state index in [-0.39, 0.29) is 37.7 Å². The second kappa shape index (κ2) is 14.1. The van der Waals surface area contributed by atoms with Gasteiger partial charge < -0.3 is 10.2 Å². The Balaban J connectivity index is 1.85. The lowest BCUT2D eigenvalue weighted by Gasteiger charge is -2.32. The van der Waals surface area contributed by atoms with Gasteiger partial charge in [0.05, 0.1) is 11.9 Å². The Bertz CT molecular complexity index is 1350. The van der Waals surface area contributed by atoms with Crippen LogP contribution in [0.15, 0.2) is 78.9 Å². The van der Waals surface area contributed by atoms with E-state index in [4.69, 9.17) is 11.6 Å². The molecule has 0 radical (unpaired) electrons. The summed E-state index contributed by atoms with van der Waals surface area (Å²) < 4.78 is 26.3. The summed E-state index contributed by atoms with van der Waals surface area (Å²) in [5.41, 5.74) is 3.40. The molecule has 0 saturated heterocycles. The van der Waals surface area contributed by atoms with E-state index in [0.717, 1.165) is 22.9 Å². The molecule has 3 aromatic carbocycles. The molecular weight excluding hydrogens is 534 g/mol. The highest BCUT2D eigenvalue weighted by atomic mass is 35.5. The molecule has 0 bridgehead atoms. The van der Waals surface area contributed by atoms with Gasteiger partial charge in [-0.25, -0.2) is 8.42 Å². The summed E-state index contributed by atoms with van der Waals surface area (Å²) in [5, 5.41) is 3.31. The number of benzene rings is 3. The number of nitrogens with one attached hydrogen (secondary N) is 1. The molecule has 0 spiro atoms. The quantitative estimate of drug-likeness (QED) is 0.315. The van der Waals surface area contributed by atoms with Gasteiger partial charge in [-0.2, -0.15) is 0 Å². The molecule has 2 amide bonds. The normalized spacial score (nSPS) is 12.0. The van der Waals surface area contributed by atoms with Crippen molar-refractivity contribution >= 4 is 39.1 Å². The SMILES string of the molecule is CCNC(=O)C(Cc1ccccc1)N(Cc1ccc(C)cc1)C(=O)CCCN(c1cccc(Cl)c1)S(C)(=O)=O. The van der Waals surface area contributed by atoms with Gasteiger partial charge in [0.25, 0.3) is 0 Å². The fraction of sp³-hybridized carbons (Fsp3) is 0.333. The molecule has 3 aromatic rings. The topological polar surface area (TPSA) is 86.8 Å². The minimum absolute atomic E-state index is 0.0726. The highest BCUT2D eigenvalue weighted by molar-refractivity contribution is 7.92. The number of hydrogen-bond acceptors (Lipinski definition) is 4.